The highest BCUT2D eigenvalue weighted by Crippen LogP contribution is 2.43. The first-order chi connectivity index (χ1) is 19.9. The predicted molar refractivity (Wildman–Crippen MR) is 168 cm³/mol. The van der Waals surface area contributed by atoms with E-state index in [0.717, 1.165) is 22.4 Å². The predicted octanol–water partition coefficient (Wildman–Crippen LogP) is 9.58. The summed E-state index contributed by atoms with van der Waals surface area (Å²) in [6, 6.07) is 47.9. The Morgan fingerprint density at radius 3 is 1.95 bits per heavy atom. The van der Waals surface area contributed by atoms with Crippen molar-refractivity contribution in [1.82, 2.24) is 14.1 Å². The van der Waals surface area contributed by atoms with Gasteiger partial charge in [0.25, 0.3) is 0 Å². The van der Waals surface area contributed by atoms with E-state index in [0.29, 0.717) is 0 Å². The van der Waals surface area contributed by atoms with Crippen LogP contribution in [0.5, 0.6) is 0 Å². The molecule has 0 saturated carbocycles. The molecule has 3 nitrogen and oxygen atoms in total. The molecule has 3 heteroatoms. The fraction of sp³-hybridized carbons (Fsp3) is 0. The monoisotopic (exact) mass is 509 g/mol. The zero-order valence-corrected chi connectivity index (χ0v) is 21.6. The minimum absolute atomic E-state index is 0.932. The van der Waals surface area contributed by atoms with E-state index in [1.807, 2.05) is 6.20 Å². The van der Waals surface area contributed by atoms with Crippen LogP contribution >= 0.6 is 0 Å². The molecule has 0 bridgehead atoms. The topological polar surface area (TPSA) is 22.8 Å². The van der Waals surface area contributed by atoms with Gasteiger partial charge in [0, 0.05) is 44.2 Å². The molecule has 9 rings (SSSR count). The van der Waals surface area contributed by atoms with Gasteiger partial charge in [-0.15, -0.1) is 0 Å². The third-order valence-corrected chi connectivity index (χ3v) is 8.31. The summed E-state index contributed by atoms with van der Waals surface area (Å²) in [4.78, 5) is 5.01. The van der Waals surface area contributed by atoms with Crippen LogP contribution in [0.15, 0.2) is 140 Å². The van der Waals surface area contributed by atoms with Gasteiger partial charge < -0.3 is 4.57 Å². The van der Waals surface area contributed by atoms with E-state index >= 15 is 0 Å². The Balaban J connectivity index is 1.53. The maximum absolute atomic E-state index is 5.01. The van der Waals surface area contributed by atoms with E-state index in [1.54, 1.807) is 0 Å². The second kappa shape index (κ2) is 8.05. The van der Waals surface area contributed by atoms with Crippen molar-refractivity contribution in [2.45, 2.75) is 0 Å². The second-order valence-electron chi connectivity index (χ2n) is 10.4. The Morgan fingerprint density at radius 2 is 1.10 bits per heavy atom. The van der Waals surface area contributed by atoms with Crippen LogP contribution in [0.1, 0.15) is 0 Å². The number of benzene rings is 6. The highest BCUT2D eigenvalue weighted by molar-refractivity contribution is 6.30. The van der Waals surface area contributed by atoms with Gasteiger partial charge in [0.15, 0.2) is 0 Å². The Labute approximate surface area is 230 Å². The molecule has 0 fully saturated rings. The first-order valence-corrected chi connectivity index (χ1v) is 13.7. The van der Waals surface area contributed by atoms with Crippen molar-refractivity contribution in [3.8, 4) is 11.5 Å². The van der Waals surface area contributed by atoms with Crippen molar-refractivity contribution in [2.24, 2.45) is 0 Å². The van der Waals surface area contributed by atoms with Gasteiger partial charge in [0.1, 0.15) is 5.82 Å². The van der Waals surface area contributed by atoms with Crippen molar-refractivity contribution in [3.05, 3.63) is 140 Å². The number of hydrogen-bond acceptors (Lipinski definition) is 1. The molecule has 0 aliphatic carbocycles. The SMILES string of the molecule is c1ccc(-n2c3ccccc3c3c4c(ccc5c6ccccc6n(-c6cc7ccccc7cn6)c54)ccc32)cc1. The lowest BCUT2D eigenvalue weighted by atomic mass is 10.0. The lowest BCUT2D eigenvalue weighted by Gasteiger charge is -2.12. The van der Waals surface area contributed by atoms with E-state index in [-0.39, 0.29) is 0 Å². The molecule has 0 unspecified atom stereocenters. The zero-order valence-electron chi connectivity index (χ0n) is 21.6. The smallest absolute Gasteiger partial charge is 0.138 e. The van der Waals surface area contributed by atoms with Crippen LogP contribution in [-0.2, 0) is 0 Å². The van der Waals surface area contributed by atoms with Gasteiger partial charge in [0.05, 0.1) is 22.1 Å². The zero-order chi connectivity index (χ0) is 26.2. The fourth-order valence-corrected chi connectivity index (χ4v) is 6.61. The molecule has 3 heterocycles. The summed E-state index contributed by atoms with van der Waals surface area (Å²) < 4.78 is 4.76. The molecule has 40 heavy (non-hydrogen) atoms. The molecule has 0 aliphatic heterocycles. The summed E-state index contributed by atoms with van der Waals surface area (Å²) >= 11 is 0. The second-order valence-corrected chi connectivity index (χ2v) is 10.4. The van der Waals surface area contributed by atoms with Crippen LogP contribution in [0.3, 0.4) is 0 Å². The molecular formula is C37H23N3. The van der Waals surface area contributed by atoms with Gasteiger partial charge in [-0.2, -0.15) is 0 Å². The molecule has 9 aromatic rings. The number of aromatic nitrogens is 3. The van der Waals surface area contributed by atoms with Crippen molar-refractivity contribution in [1.29, 1.82) is 0 Å². The van der Waals surface area contributed by atoms with E-state index < -0.39 is 0 Å². The molecule has 0 saturated heterocycles. The maximum Gasteiger partial charge on any atom is 0.138 e. The van der Waals surface area contributed by atoms with Gasteiger partial charge in [0.2, 0.25) is 0 Å². The average molecular weight is 510 g/mol. The number of rotatable bonds is 2. The first kappa shape index (κ1) is 21.5. The van der Waals surface area contributed by atoms with Crippen LogP contribution in [-0.4, -0.2) is 14.1 Å². The van der Waals surface area contributed by atoms with E-state index in [1.165, 1.54) is 54.3 Å². The lowest BCUT2D eigenvalue weighted by molar-refractivity contribution is 1.09. The number of para-hydroxylation sites is 3. The highest BCUT2D eigenvalue weighted by atomic mass is 15.1. The van der Waals surface area contributed by atoms with Crippen molar-refractivity contribution in [2.75, 3.05) is 0 Å². The molecule has 0 amide bonds. The van der Waals surface area contributed by atoms with E-state index in [4.69, 9.17) is 4.98 Å². The van der Waals surface area contributed by atoms with Gasteiger partial charge in [-0.05, 0) is 47.2 Å². The third-order valence-electron chi connectivity index (χ3n) is 8.31. The lowest BCUT2D eigenvalue weighted by Crippen LogP contribution is -1.98. The Hall–Kier alpha value is -5.41. The molecule has 186 valence electrons. The summed E-state index contributed by atoms with van der Waals surface area (Å²) in [5, 5.41) is 9.80. The fourth-order valence-electron chi connectivity index (χ4n) is 6.61. The van der Waals surface area contributed by atoms with Gasteiger partial charge in [-0.25, -0.2) is 4.98 Å². The van der Waals surface area contributed by atoms with Crippen molar-refractivity contribution < 1.29 is 0 Å². The standard InChI is InChI=1S/C37H23N3/c1-2-12-27(13-3-1)39-32-17-9-7-15-30(32)36-33(39)21-19-24-18-20-29-28-14-6-8-16-31(28)40(37(29)35(24)36)34-22-25-10-4-5-11-26(25)23-38-34/h1-23H. The van der Waals surface area contributed by atoms with E-state index in [9.17, 15) is 0 Å². The van der Waals surface area contributed by atoms with Crippen LogP contribution in [0.4, 0.5) is 0 Å². The number of nitrogens with zero attached hydrogens (tertiary/aromatic N) is 3. The van der Waals surface area contributed by atoms with Crippen LogP contribution < -0.4 is 0 Å². The van der Waals surface area contributed by atoms with Crippen molar-refractivity contribution in [3.63, 3.8) is 0 Å². The molecule has 0 radical (unpaired) electrons. The highest BCUT2D eigenvalue weighted by Gasteiger charge is 2.21. The number of hydrogen-bond donors (Lipinski definition) is 0. The summed E-state index contributed by atoms with van der Waals surface area (Å²) in [6.07, 6.45) is 1.99. The molecule has 0 aliphatic rings. The average Bonchev–Trinajstić information content (AvgIpc) is 3.54. The molecule has 0 spiro atoms. The Kier molecular flexibility index (Phi) is 4.33. The van der Waals surface area contributed by atoms with Gasteiger partial charge in [-0.3, -0.25) is 4.57 Å². The largest absolute Gasteiger partial charge is 0.309 e. The summed E-state index contributed by atoms with van der Waals surface area (Å²) in [6.45, 7) is 0. The van der Waals surface area contributed by atoms with Crippen LogP contribution in [0.2, 0.25) is 0 Å². The Bertz CT molecular complexity index is 2430. The Morgan fingerprint density at radius 1 is 0.425 bits per heavy atom. The number of fused-ring (bicyclic) bond motifs is 10. The van der Waals surface area contributed by atoms with Gasteiger partial charge in [-0.1, -0.05) is 97.1 Å². The molecule has 0 N–H and O–H groups in total. The first-order valence-electron chi connectivity index (χ1n) is 13.7. The van der Waals surface area contributed by atoms with Crippen LogP contribution in [0.25, 0.3) is 76.7 Å². The maximum atomic E-state index is 5.01. The summed E-state index contributed by atoms with van der Waals surface area (Å²) in [5.74, 6) is 0.932. The van der Waals surface area contributed by atoms with E-state index in [2.05, 4.69) is 143 Å². The quantitative estimate of drug-likeness (QED) is 0.227. The van der Waals surface area contributed by atoms with Gasteiger partial charge >= 0.3 is 0 Å². The summed E-state index contributed by atoms with van der Waals surface area (Å²) in [7, 11) is 0. The number of pyridine rings is 1. The summed E-state index contributed by atoms with van der Waals surface area (Å²) in [5.41, 5.74) is 5.94. The van der Waals surface area contributed by atoms with Crippen LogP contribution in [0, 0.1) is 0 Å². The molecule has 3 aromatic heterocycles. The molecular weight excluding hydrogens is 486 g/mol. The normalized spacial score (nSPS) is 12.0. The molecule has 6 aromatic carbocycles. The minimum Gasteiger partial charge on any atom is -0.309 e. The third kappa shape index (κ3) is 2.86. The van der Waals surface area contributed by atoms with Crippen molar-refractivity contribution >= 4 is 65.2 Å². The minimum atomic E-state index is 0.932. The molecule has 0 atom stereocenters.